The molecule has 0 radical (unpaired) electrons. The average molecular weight is 596 g/mol. The van der Waals surface area contributed by atoms with Crippen molar-refractivity contribution in [2.24, 2.45) is 23.8 Å². The molecule has 2 saturated carbocycles. The number of hydrogen-bond acceptors (Lipinski definition) is 6. The average Bonchev–Trinajstić information content (AvgIpc) is 3.28. The molecule has 3 aliphatic carbocycles. The Labute approximate surface area is 250 Å². The number of carboxylic acid groups (broad SMARTS) is 1. The fraction of sp³-hybridized carbons (Fsp3) is 0.645. The number of likely N-dealkylation sites (tertiary alicyclic amines) is 1. The second-order valence-corrected chi connectivity index (χ2v) is 13.9. The van der Waals surface area contributed by atoms with Crippen LogP contribution in [0.1, 0.15) is 80.4 Å². The van der Waals surface area contributed by atoms with E-state index in [0.29, 0.717) is 68.9 Å². The predicted molar refractivity (Wildman–Crippen MR) is 153 cm³/mol. The van der Waals surface area contributed by atoms with E-state index in [1.807, 2.05) is 29.0 Å². The first kappa shape index (κ1) is 27.7. The van der Waals surface area contributed by atoms with E-state index < -0.39 is 23.3 Å². The molecule has 2 aromatic rings. The van der Waals surface area contributed by atoms with E-state index in [-0.39, 0.29) is 23.3 Å². The van der Waals surface area contributed by atoms with Gasteiger partial charge >= 0.3 is 5.97 Å². The second kappa shape index (κ2) is 9.96. The lowest BCUT2D eigenvalue weighted by Gasteiger charge is -2.45. The fourth-order valence-corrected chi connectivity index (χ4v) is 8.24. The number of carbonyl (C=O) groups excluding carboxylic acids is 2. The van der Waals surface area contributed by atoms with Gasteiger partial charge in [-0.2, -0.15) is 0 Å². The normalized spacial score (nSPS) is 29.5. The van der Waals surface area contributed by atoms with Crippen LogP contribution in [-0.2, 0) is 40.7 Å². The summed E-state index contributed by atoms with van der Waals surface area (Å²) in [5.41, 5.74) is 2.74. The van der Waals surface area contributed by atoms with Crippen LogP contribution >= 0.6 is 11.6 Å². The molecule has 5 aliphatic rings. The topological polar surface area (TPSA) is 118 Å². The Morgan fingerprint density at radius 3 is 2.71 bits per heavy atom. The number of rotatable bonds is 6. The third kappa shape index (κ3) is 4.48. The summed E-state index contributed by atoms with van der Waals surface area (Å²) in [6.45, 7) is 3.19. The molecule has 1 saturated heterocycles. The highest BCUT2D eigenvalue weighted by molar-refractivity contribution is 6.31. The molecule has 7 rings (SSSR count). The maximum atomic E-state index is 14.4. The van der Waals surface area contributed by atoms with E-state index in [1.165, 1.54) is 0 Å². The van der Waals surface area contributed by atoms with Crippen LogP contribution < -0.4 is 4.74 Å². The summed E-state index contributed by atoms with van der Waals surface area (Å²) in [6.07, 6.45) is 7.04. The number of ether oxygens (including phenoxy) is 1. The number of carboxylic acids is 1. The molecule has 0 bridgehead atoms. The molecular formula is C31H38ClN5O5. The monoisotopic (exact) mass is 595 g/mol. The van der Waals surface area contributed by atoms with Gasteiger partial charge in [-0.1, -0.05) is 29.7 Å². The number of amides is 2. The first-order valence-corrected chi connectivity index (χ1v) is 15.6. The SMILES string of the molecule is Cn1nnc2c1CC(Oc1ccc(Cl)c3c1[C@@H](CN1CC4(CC4)CC1=O)N(C(=O)[C@@H]1CCCC[C@]1(C)C(=O)O)CC3)C2. The number of aromatic nitrogens is 3. The Morgan fingerprint density at radius 2 is 2.00 bits per heavy atom. The molecule has 42 heavy (non-hydrogen) atoms. The predicted octanol–water partition coefficient (Wildman–Crippen LogP) is 3.73. The van der Waals surface area contributed by atoms with Crippen LogP contribution in [0.25, 0.3) is 0 Å². The van der Waals surface area contributed by atoms with Gasteiger partial charge < -0.3 is 19.6 Å². The van der Waals surface area contributed by atoms with E-state index in [4.69, 9.17) is 16.3 Å². The van der Waals surface area contributed by atoms with Crippen molar-refractivity contribution in [3.63, 3.8) is 0 Å². The zero-order valence-electron chi connectivity index (χ0n) is 24.3. The number of aryl methyl sites for hydroxylation is 1. The molecular weight excluding hydrogens is 558 g/mol. The third-order valence-electron chi connectivity index (χ3n) is 10.8. The number of nitrogens with zero attached hydrogens (tertiary/aromatic N) is 5. The summed E-state index contributed by atoms with van der Waals surface area (Å²) in [4.78, 5) is 43.9. The minimum absolute atomic E-state index is 0.0823. The van der Waals surface area contributed by atoms with Crippen molar-refractivity contribution in [2.75, 3.05) is 19.6 Å². The molecule has 1 unspecified atom stereocenters. The highest BCUT2D eigenvalue weighted by Gasteiger charge is 2.54. The molecule has 4 atom stereocenters. The third-order valence-corrected chi connectivity index (χ3v) is 11.1. The summed E-state index contributed by atoms with van der Waals surface area (Å²) >= 11 is 6.80. The van der Waals surface area contributed by atoms with E-state index in [9.17, 15) is 19.5 Å². The fourth-order valence-electron chi connectivity index (χ4n) is 7.98. The largest absolute Gasteiger partial charge is 0.489 e. The van der Waals surface area contributed by atoms with Gasteiger partial charge in [0.25, 0.3) is 0 Å². The quantitative estimate of drug-likeness (QED) is 0.540. The van der Waals surface area contributed by atoms with Crippen molar-refractivity contribution in [3.05, 3.63) is 39.7 Å². The van der Waals surface area contributed by atoms with Crippen LogP contribution in [0.5, 0.6) is 5.75 Å². The lowest BCUT2D eigenvalue weighted by molar-refractivity contribution is -0.162. The van der Waals surface area contributed by atoms with Gasteiger partial charge in [-0.15, -0.1) is 5.10 Å². The van der Waals surface area contributed by atoms with Gasteiger partial charge in [0.1, 0.15) is 11.9 Å². The first-order valence-electron chi connectivity index (χ1n) is 15.3. The molecule has 3 fully saturated rings. The van der Waals surface area contributed by atoms with Gasteiger partial charge in [0.2, 0.25) is 11.8 Å². The first-order chi connectivity index (χ1) is 20.1. The molecule has 1 N–H and O–H groups in total. The van der Waals surface area contributed by atoms with Crippen molar-refractivity contribution in [1.29, 1.82) is 0 Å². The Kier molecular flexibility index (Phi) is 6.56. The van der Waals surface area contributed by atoms with Gasteiger partial charge in [-0.05, 0) is 62.1 Å². The van der Waals surface area contributed by atoms with Crippen molar-refractivity contribution >= 4 is 29.4 Å². The molecule has 1 spiro atoms. The smallest absolute Gasteiger partial charge is 0.310 e. The van der Waals surface area contributed by atoms with E-state index in [1.54, 1.807) is 11.6 Å². The van der Waals surface area contributed by atoms with Crippen molar-refractivity contribution in [1.82, 2.24) is 24.8 Å². The zero-order valence-corrected chi connectivity index (χ0v) is 25.0. The Balaban J connectivity index is 1.26. The van der Waals surface area contributed by atoms with Gasteiger partial charge in [0.15, 0.2) is 0 Å². The van der Waals surface area contributed by atoms with Gasteiger partial charge in [0.05, 0.1) is 28.8 Å². The van der Waals surface area contributed by atoms with E-state index in [0.717, 1.165) is 48.2 Å². The maximum Gasteiger partial charge on any atom is 0.310 e. The molecule has 2 aliphatic heterocycles. The minimum Gasteiger partial charge on any atom is -0.489 e. The van der Waals surface area contributed by atoms with Gasteiger partial charge in [-0.3, -0.25) is 19.1 Å². The molecule has 224 valence electrons. The standard InChI is InChI=1S/C31H38ClN5O5/c1-30(29(40)41)9-4-3-5-20(30)28(39)37-12-8-19-21(32)6-7-25(42-18-13-22-23(14-18)35(2)34-33-22)27(19)24(37)16-36-17-31(10-11-31)15-26(36)38/h6-7,18,20,24H,3-5,8-17H2,1-2H3,(H,40,41)/t18?,20-,24+,30-/m0/s1. The highest BCUT2D eigenvalue weighted by atomic mass is 35.5. The number of halogens is 1. The zero-order chi connectivity index (χ0) is 29.4. The molecule has 10 nitrogen and oxygen atoms in total. The van der Waals surface area contributed by atoms with Crippen molar-refractivity contribution in [3.8, 4) is 5.75 Å². The molecule has 1 aromatic heterocycles. The Bertz CT molecular complexity index is 1470. The van der Waals surface area contributed by atoms with Crippen LogP contribution in [0.15, 0.2) is 12.1 Å². The summed E-state index contributed by atoms with van der Waals surface area (Å²) in [5, 5.41) is 19.2. The number of aliphatic carboxylic acids is 1. The molecule has 1 aromatic carbocycles. The lowest BCUT2D eigenvalue weighted by Crippen LogP contribution is -2.52. The van der Waals surface area contributed by atoms with Crippen LogP contribution in [0, 0.1) is 16.7 Å². The van der Waals surface area contributed by atoms with Crippen molar-refractivity contribution in [2.45, 2.75) is 83.3 Å². The summed E-state index contributed by atoms with van der Waals surface area (Å²) in [6, 6.07) is 3.26. The number of hydrogen-bond donors (Lipinski definition) is 1. The van der Waals surface area contributed by atoms with Gasteiger partial charge in [-0.25, -0.2) is 0 Å². The second-order valence-electron chi connectivity index (χ2n) is 13.5. The highest BCUT2D eigenvalue weighted by Crippen LogP contribution is 2.54. The summed E-state index contributed by atoms with van der Waals surface area (Å²) in [5.74, 6) is -0.897. The minimum atomic E-state index is -1.12. The van der Waals surface area contributed by atoms with Crippen LogP contribution in [0.4, 0.5) is 0 Å². The maximum absolute atomic E-state index is 14.4. The lowest BCUT2D eigenvalue weighted by atomic mass is 9.66. The van der Waals surface area contributed by atoms with Gasteiger partial charge in [0, 0.05) is 56.5 Å². The van der Waals surface area contributed by atoms with Crippen LogP contribution in [0.3, 0.4) is 0 Å². The van der Waals surface area contributed by atoms with Crippen molar-refractivity contribution < 1.29 is 24.2 Å². The number of benzene rings is 1. The molecule has 2 amide bonds. The Morgan fingerprint density at radius 1 is 1.19 bits per heavy atom. The molecule has 11 heteroatoms. The van der Waals surface area contributed by atoms with E-state index >= 15 is 0 Å². The number of carbonyl (C=O) groups is 3. The van der Waals surface area contributed by atoms with E-state index in [2.05, 4.69) is 10.3 Å². The number of fused-ring (bicyclic) bond motifs is 2. The summed E-state index contributed by atoms with van der Waals surface area (Å²) in [7, 11) is 1.88. The van der Waals surface area contributed by atoms with Crippen LogP contribution in [-0.4, -0.2) is 73.4 Å². The Hall–Kier alpha value is -3.14. The molecule has 3 heterocycles. The van der Waals surface area contributed by atoms with Crippen LogP contribution in [0.2, 0.25) is 5.02 Å². The summed E-state index contributed by atoms with van der Waals surface area (Å²) < 4.78 is 8.46.